The molecule has 0 spiro atoms. The molecule has 162 valence electrons. The van der Waals surface area contributed by atoms with Crippen LogP contribution in [-0.4, -0.2) is 46.9 Å². The minimum Gasteiger partial charge on any atom is -0.396 e. The van der Waals surface area contributed by atoms with E-state index in [1.807, 2.05) is 0 Å². The van der Waals surface area contributed by atoms with Crippen LogP contribution in [0.15, 0.2) is 24.3 Å². The summed E-state index contributed by atoms with van der Waals surface area (Å²) in [5, 5.41) is 39.6. The van der Waals surface area contributed by atoms with Gasteiger partial charge in [0.15, 0.2) is 0 Å². The monoisotopic (exact) mass is 394 g/mol. The Hall–Kier alpha value is -0.940. The van der Waals surface area contributed by atoms with Crippen molar-refractivity contribution >= 4 is 0 Å². The number of unbranched alkanes of at least 4 members (excludes halogenated alkanes) is 4. The van der Waals surface area contributed by atoms with Gasteiger partial charge in [-0.05, 0) is 36.8 Å². The molecule has 4 nitrogen and oxygen atoms in total. The number of hydrogen-bond donors (Lipinski definition) is 4. The van der Waals surface area contributed by atoms with Gasteiger partial charge in [-0.3, -0.25) is 0 Å². The fraction of sp³-hybridized carbons (Fsp3) is 0.750. The first-order valence-electron chi connectivity index (χ1n) is 11.0. The summed E-state index contributed by atoms with van der Waals surface area (Å²) in [4.78, 5) is 0. The van der Waals surface area contributed by atoms with Crippen LogP contribution in [0.2, 0.25) is 0 Å². The molecule has 0 atom stereocenters. The SMILES string of the molecule is CCCCCC(CO)(CO)Cc1ccc(CC(CO)(CO)CCCCC)cc1. The van der Waals surface area contributed by atoms with Crippen LogP contribution in [0.4, 0.5) is 0 Å². The zero-order chi connectivity index (χ0) is 20.9. The van der Waals surface area contributed by atoms with Gasteiger partial charge in [0.1, 0.15) is 0 Å². The van der Waals surface area contributed by atoms with Gasteiger partial charge in [-0.1, -0.05) is 76.6 Å². The topological polar surface area (TPSA) is 80.9 Å². The van der Waals surface area contributed by atoms with E-state index in [0.717, 1.165) is 62.5 Å². The molecule has 0 aliphatic heterocycles. The lowest BCUT2D eigenvalue weighted by atomic mass is 9.77. The third-order valence-corrected chi connectivity index (χ3v) is 6.14. The molecular weight excluding hydrogens is 352 g/mol. The van der Waals surface area contributed by atoms with E-state index in [2.05, 4.69) is 38.1 Å². The molecule has 28 heavy (non-hydrogen) atoms. The van der Waals surface area contributed by atoms with E-state index in [9.17, 15) is 20.4 Å². The first-order chi connectivity index (χ1) is 13.5. The highest BCUT2D eigenvalue weighted by molar-refractivity contribution is 5.25. The van der Waals surface area contributed by atoms with Crippen molar-refractivity contribution in [3.63, 3.8) is 0 Å². The zero-order valence-corrected chi connectivity index (χ0v) is 18.0. The average molecular weight is 395 g/mol. The van der Waals surface area contributed by atoms with E-state index >= 15 is 0 Å². The molecule has 0 aliphatic rings. The molecule has 0 aliphatic carbocycles. The third kappa shape index (κ3) is 7.82. The predicted molar refractivity (Wildman–Crippen MR) is 115 cm³/mol. The maximum atomic E-state index is 9.90. The van der Waals surface area contributed by atoms with E-state index < -0.39 is 10.8 Å². The highest BCUT2D eigenvalue weighted by atomic mass is 16.3. The van der Waals surface area contributed by atoms with Crippen LogP contribution >= 0.6 is 0 Å². The Bertz CT molecular complexity index is 457. The largest absolute Gasteiger partial charge is 0.396 e. The summed E-state index contributed by atoms with van der Waals surface area (Å²) in [6, 6.07) is 8.23. The fourth-order valence-electron chi connectivity index (χ4n) is 3.96. The van der Waals surface area contributed by atoms with Gasteiger partial charge in [0, 0.05) is 10.8 Å². The third-order valence-electron chi connectivity index (χ3n) is 6.14. The zero-order valence-electron chi connectivity index (χ0n) is 18.0. The average Bonchev–Trinajstić information content (AvgIpc) is 2.74. The van der Waals surface area contributed by atoms with E-state index in [4.69, 9.17) is 0 Å². The Morgan fingerprint density at radius 1 is 0.571 bits per heavy atom. The summed E-state index contributed by atoms with van der Waals surface area (Å²) >= 11 is 0. The van der Waals surface area contributed by atoms with Crippen LogP contribution in [-0.2, 0) is 12.8 Å². The van der Waals surface area contributed by atoms with Crippen LogP contribution in [0.1, 0.15) is 76.3 Å². The van der Waals surface area contributed by atoms with Gasteiger partial charge in [0.05, 0.1) is 26.4 Å². The molecule has 0 fully saturated rings. The minimum absolute atomic E-state index is 0.00939. The molecule has 4 heteroatoms. The van der Waals surface area contributed by atoms with Crippen molar-refractivity contribution in [2.75, 3.05) is 26.4 Å². The van der Waals surface area contributed by atoms with Crippen molar-refractivity contribution in [2.45, 2.75) is 78.1 Å². The van der Waals surface area contributed by atoms with Crippen molar-refractivity contribution in [3.05, 3.63) is 35.4 Å². The van der Waals surface area contributed by atoms with Crippen LogP contribution < -0.4 is 0 Å². The molecule has 1 aromatic rings. The second kappa shape index (κ2) is 13.3. The van der Waals surface area contributed by atoms with Gasteiger partial charge < -0.3 is 20.4 Å². The number of aliphatic hydroxyl groups is 4. The minimum atomic E-state index is -0.462. The van der Waals surface area contributed by atoms with Crippen molar-refractivity contribution in [3.8, 4) is 0 Å². The molecular formula is C24H42O4. The Morgan fingerprint density at radius 2 is 0.893 bits per heavy atom. The summed E-state index contributed by atoms with van der Waals surface area (Å²) in [5.41, 5.74) is 1.29. The Labute approximate surface area is 171 Å². The molecule has 1 rings (SSSR count). The van der Waals surface area contributed by atoms with Crippen LogP contribution in [0.3, 0.4) is 0 Å². The van der Waals surface area contributed by atoms with Crippen molar-refractivity contribution < 1.29 is 20.4 Å². The number of hydrogen-bond acceptors (Lipinski definition) is 4. The van der Waals surface area contributed by atoms with Crippen LogP contribution in [0.25, 0.3) is 0 Å². The Balaban J connectivity index is 2.79. The number of rotatable bonds is 16. The van der Waals surface area contributed by atoms with E-state index in [1.54, 1.807) is 0 Å². The molecule has 0 aromatic heterocycles. The first kappa shape index (κ1) is 25.1. The Kier molecular flexibility index (Phi) is 11.9. The normalized spacial score (nSPS) is 12.5. The molecule has 0 saturated carbocycles. The predicted octanol–water partition coefficient (Wildman–Crippen LogP) is 3.87. The highest BCUT2D eigenvalue weighted by Crippen LogP contribution is 2.31. The lowest BCUT2D eigenvalue weighted by molar-refractivity contribution is 0.0443. The summed E-state index contributed by atoms with van der Waals surface area (Å²) in [7, 11) is 0. The summed E-state index contributed by atoms with van der Waals surface area (Å²) in [6.07, 6.45) is 9.47. The Morgan fingerprint density at radius 3 is 1.14 bits per heavy atom. The standard InChI is InChI=1S/C24H42O4/c1-3-5-7-13-23(17-25,18-26)15-21-9-11-22(12-10-21)16-24(19-27,20-28)14-8-6-4-2/h9-12,25-28H,3-8,13-20H2,1-2H3. The van der Waals surface area contributed by atoms with Crippen molar-refractivity contribution in [1.29, 1.82) is 0 Å². The maximum absolute atomic E-state index is 9.90. The van der Waals surface area contributed by atoms with Gasteiger partial charge in [0.25, 0.3) is 0 Å². The summed E-state index contributed by atoms with van der Waals surface area (Å²) in [5.74, 6) is 0. The summed E-state index contributed by atoms with van der Waals surface area (Å²) in [6.45, 7) is 4.27. The lowest BCUT2D eigenvalue weighted by Crippen LogP contribution is -2.33. The fourth-order valence-corrected chi connectivity index (χ4v) is 3.96. The second-order valence-electron chi connectivity index (χ2n) is 8.72. The summed E-state index contributed by atoms with van der Waals surface area (Å²) < 4.78 is 0. The number of aliphatic hydroxyl groups excluding tert-OH is 4. The molecule has 0 radical (unpaired) electrons. The van der Waals surface area contributed by atoms with E-state index in [1.165, 1.54) is 0 Å². The molecule has 0 saturated heterocycles. The van der Waals surface area contributed by atoms with Gasteiger partial charge in [-0.25, -0.2) is 0 Å². The van der Waals surface area contributed by atoms with Gasteiger partial charge in [0.2, 0.25) is 0 Å². The van der Waals surface area contributed by atoms with Crippen molar-refractivity contribution in [2.24, 2.45) is 10.8 Å². The van der Waals surface area contributed by atoms with Crippen LogP contribution in [0.5, 0.6) is 0 Å². The van der Waals surface area contributed by atoms with Gasteiger partial charge in [-0.2, -0.15) is 0 Å². The van der Waals surface area contributed by atoms with Gasteiger partial charge in [-0.15, -0.1) is 0 Å². The van der Waals surface area contributed by atoms with Gasteiger partial charge >= 0.3 is 0 Å². The molecule has 4 N–H and O–H groups in total. The molecule has 1 aromatic carbocycles. The molecule has 0 bridgehead atoms. The molecule has 0 unspecified atom stereocenters. The van der Waals surface area contributed by atoms with E-state index in [-0.39, 0.29) is 26.4 Å². The maximum Gasteiger partial charge on any atom is 0.0512 e. The van der Waals surface area contributed by atoms with Crippen molar-refractivity contribution in [1.82, 2.24) is 0 Å². The van der Waals surface area contributed by atoms with E-state index in [0.29, 0.717) is 12.8 Å². The molecule has 0 amide bonds. The van der Waals surface area contributed by atoms with Crippen LogP contribution in [0, 0.1) is 10.8 Å². The lowest BCUT2D eigenvalue weighted by Gasteiger charge is -2.31. The molecule has 0 heterocycles. The second-order valence-corrected chi connectivity index (χ2v) is 8.72. The number of benzene rings is 1. The quantitative estimate of drug-likeness (QED) is 0.321. The smallest absolute Gasteiger partial charge is 0.0512 e. The highest BCUT2D eigenvalue weighted by Gasteiger charge is 2.30. The first-order valence-corrected chi connectivity index (χ1v) is 11.0.